The molecule has 1 aromatic rings. The van der Waals surface area contributed by atoms with Crippen molar-refractivity contribution >= 4 is 11.7 Å². The number of urea groups is 1. The van der Waals surface area contributed by atoms with Crippen molar-refractivity contribution in [3.05, 3.63) is 30.1 Å². The van der Waals surface area contributed by atoms with Crippen molar-refractivity contribution in [2.24, 2.45) is 0 Å². The molecule has 1 atom stereocenters. The summed E-state index contributed by atoms with van der Waals surface area (Å²) in [6.07, 6.45) is 0.724. The Morgan fingerprint density at radius 2 is 2.18 bits per heavy atom. The number of benzene rings is 1. The molecule has 3 N–H and O–H groups in total. The van der Waals surface area contributed by atoms with Crippen LogP contribution in [0.2, 0.25) is 0 Å². The van der Waals surface area contributed by atoms with E-state index in [2.05, 4.69) is 10.6 Å². The van der Waals surface area contributed by atoms with Crippen molar-refractivity contribution in [1.29, 1.82) is 0 Å². The second kappa shape index (κ2) is 6.85. The number of para-hydroxylation sites is 1. The topological polar surface area (TPSA) is 61.4 Å². The highest BCUT2D eigenvalue weighted by molar-refractivity contribution is 5.89. The van der Waals surface area contributed by atoms with Crippen molar-refractivity contribution in [3.63, 3.8) is 0 Å². The van der Waals surface area contributed by atoms with Gasteiger partial charge in [0, 0.05) is 6.54 Å². The summed E-state index contributed by atoms with van der Waals surface area (Å²) in [5, 5.41) is 14.2. The van der Waals surface area contributed by atoms with E-state index >= 15 is 0 Å². The lowest BCUT2D eigenvalue weighted by Crippen LogP contribution is -2.31. The minimum atomic E-state index is -0.476. The third-order valence-corrected chi connectivity index (χ3v) is 2.36. The second-order valence-electron chi connectivity index (χ2n) is 3.71. The molecular weight excluding hydrogens is 223 g/mol. The summed E-state index contributed by atoms with van der Waals surface area (Å²) in [6, 6.07) is 5.47. The van der Waals surface area contributed by atoms with Crippen molar-refractivity contribution in [1.82, 2.24) is 5.32 Å². The number of amides is 2. The molecule has 0 radical (unpaired) electrons. The Kier molecular flexibility index (Phi) is 5.42. The van der Waals surface area contributed by atoms with Gasteiger partial charge in [0.1, 0.15) is 5.82 Å². The molecule has 0 aromatic heterocycles. The fourth-order valence-corrected chi connectivity index (χ4v) is 1.29. The molecule has 0 fully saturated rings. The van der Waals surface area contributed by atoms with Crippen LogP contribution in [0.15, 0.2) is 24.3 Å². The van der Waals surface area contributed by atoms with E-state index in [1.54, 1.807) is 12.1 Å². The van der Waals surface area contributed by atoms with Crippen LogP contribution in [0.3, 0.4) is 0 Å². The molecule has 1 unspecified atom stereocenters. The monoisotopic (exact) mass is 240 g/mol. The zero-order chi connectivity index (χ0) is 12.7. The van der Waals surface area contributed by atoms with Crippen LogP contribution < -0.4 is 10.6 Å². The molecule has 5 heteroatoms. The first-order valence-electron chi connectivity index (χ1n) is 5.61. The average Bonchev–Trinajstić information content (AvgIpc) is 2.32. The van der Waals surface area contributed by atoms with Crippen molar-refractivity contribution in [2.45, 2.75) is 25.9 Å². The van der Waals surface area contributed by atoms with Gasteiger partial charge < -0.3 is 15.7 Å². The summed E-state index contributed by atoms with van der Waals surface area (Å²) >= 11 is 0. The van der Waals surface area contributed by atoms with Gasteiger partial charge in [-0.25, -0.2) is 9.18 Å². The van der Waals surface area contributed by atoms with Crippen LogP contribution >= 0.6 is 0 Å². The molecule has 0 aliphatic rings. The fourth-order valence-electron chi connectivity index (χ4n) is 1.29. The Morgan fingerprint density at radius 3 is 2.82 bits per heavy atom. The maximum absolute atomic E-state index is 13.2. The lowest BCUT2D eigenvalue weighted by molar-refractivity contribution is 0.160. The van der Waals surface area contributed by atoms with Gasteiger partial charge in [-0.1, -0.05) is 19.1 Å². The highest BCUT2D eigenvalue weighted by Gasteiger charge is 2.06. The molecule has 2 amide bonds. The van der Waals surface area contributed by atoms with Crippen LogP contribution in [0.5, 0.6) is 0 Å². The third-order valence-electron chi connectivity index (χ3n) is 2.36. The van der Waals surface area contributed by atoms with Gasteiger partial charge in [-0.3, -0.25) is 0 Å². The molecule has 1 rings (SSSR count). The number of anilines is 1. The van der Waals surface area contributed by atoms with Gasteiger partial charge in [0.2, 0.25) is 0 Å². The summed E-state index contributed by atoms with van der Waals surface area (Å²) in [4.78, 5) is 11.4. The predicted molar refractivity (Wildman–Crippen MR) is 64.3 cm³/mol. The number of carbonyl (C=O) groups excluding carboxylic acids is 1. The number of halogens is 1. The molecule has 1 aromatic carbocycles. The summed E-state index contributed by atoms with van der Waals surface area (Å²) in [5.41, 5.74) is 0.140. The van der Waals surface area contributed by atoms with Crippen LogP contribution in [0.4, 0.5) is 14.9 Å². The van der Waals surface area contributed by atoms with Crippen LogP contribution in [-0.2, 0) is 0 Å². The predicted octanol–water partition coefficient (Wildman–Crippen LogP) is 2.11. The van der Waals surface area contributed by atoms with Crippen LogP contribution in [-0.4, -0.2) is 23.8 Å². The Bertz CT molecular complexity index is 371. The Balaban J connectivity index is 2.33. The molecule has 0 heterocycles. The van der Waals surface area contributed by atoms with Crippen molar-refractivity contribution in [2.75, 3.05) is 11.9 Å². The minimum absolute atomic E-state index is 0.140. The van der Waals surface area contributed by atoms with Gasteiger partial charge >= 0.3 is 6.03 Å². The van der Waals surface area contributed by atoms with Crippen LogP contribution in [0.1, 0.15) is 19.8 Å². The summed E-state index contributed by atoms with van der Waals surface area (Å²) in [5.74, 6) is -0.476. The highest BCUT2D eigenvalue weighted by atomic mass is 19.1. The maximum atomic E-state index is 13.2. The number of carbonyl (C=O) groups is 1. The summed E-state index contributed by atoms with van der Waals surface area (Å²) < 4.78 is 13.2. The van der Waals surface area contributed by atoms with Crippen molar-refractivity contribution < 1.29 is 14.3 Å². The Hall–Kier alpha value is -1.62. The Morgan fingerprint density at radius 1 is 1.47 bits per heavy atom. The number of aliphatic hydroxyl groups excluding tert-OH is 1. The molecule has 17 heavy (non-hydrogen) atoms. The quantitative estimate of drug-likeness (QED) is 0.738. The number of nitrogens with one attached hydrogen (secondary N) is 2. The smallest absolute Gasteiger partial charge is 0.319 e. The largest absolute Gasteiger partial charge is 0.393 e. The molecule has 0 bridgehead atoms. The zero-order valence-corrected chi connectivity index (χ0v) is 9.74. The molecule has 0 saturated heterocycles. The maximum Gasteiger partial charge on any atom is 0.319 e. The zero-order valence-electron chi connectivity index (χ0n) is 9.74. The lowest BCUT2D eigenvalue weighted by atomic mass is 10.2. The SMILES string of the molecule is CCC(O)CCNC(=O)Nc1ccccc1F. The highest BCUT2D eigenvalue weighted by Crippen LogP contribution is 2.11. The normalized spacial score (nSPS) is 11.9. The van der Waals surface area contributed by atoms with Gasteiger partial charge in [0.25, 0.3) is 0 Å². The van der Waals surface area contributed by atoms with E-state index in [9.17, 15) is 14.3 Å². The molecule has 0 saturated carbocycles. The number of hydrogen-bond acceptors (Lipinski definition) is 2. The van der Waals surface area contributed by atoms with Crippen LogP contribution in [0.25, 0.3) is 0 Å². The summed E-state index contributed by atoms with van der Waals surface area (Å²) in [6.45, 7) is 2.22. The molecule has 94 valence electrons. The molecule has 0 aliphatic heterocycles. The molecule has 0 spiro atoms. The molecular formula is C12H17FN2O2. The standard InChI is InChI=1S/C12H17FN2O2/c1-2-9(16)7-8-14-12(17)15-11-6-4-3-5-10(11)13/h3-6,9,16H,2,7-8H2,1H3,(H2,14,15,17). The first kappa shape index (κ1) is 13.4. The van der Waals surface area contributed by atoms with Crippen molar-refractivity contribution in [3.8, 4) is 0 Å². The first-order valence-corrected chi connectivity index (χ1v) is 5.61. The summed E-state index contributed by atoms with van der Waals surface area (Å²) in [7, 11) is 0. The van der Waals surface area contributed by atoms with Gasteiger partial charge in [0.05, 0.1) is 11.8 Å². The number of aliphatic hydroxyl groups is 1. The van der Waals surface area contributed by atoms with Crippen LogP contribution in [0, 0.1) is 5.82 Å². The second-order valence-corrected chi connectivity index (χ2v) is 3.71. The van der Waals surface area contributed by atoms with Gasteiger partial charge in [-0.15, -0.1) is 0 Å². The van der Waals surface area contributed by atoms with E-state index in [1.807, 2.05) is 6.92 Å². The van der Waals surface area contributed by atoms with E-state index in [0.29, 0.717) is 19.4 Å². The third kappa shape index (κ3) is 4.82. The van der Waals surface area contributed by atoms with E-state index < -0.39 is 18.0 Å². The van der Waals surface area contributed by atoms with E-state index in [4.69, 9.17) is 0 Å². The van der Waals surface area contributed by atoms with Gasteiger partial charge in [-0.05, 0) is 25.0 Å². The fraction of sp³-hybridized carbons (Fsp3) is 0.417. The Labute approximate surface area is 99.8 Å². The van der Waals surface area contributed by atoms with E-state index in [0.717, 1.165) is 0 Å². The van der Waals surface area contributed by atoms with E-state index in [-0.39, 0.29) is 5.69 Å². The average molecular weight is 240 g/mol. The van der Waals surface area contributed by atoms with Gasteiger partial charge in [0.15, 0.2) is 0 Å². The minimum Gasteiger partial charge on any atom is -0.393 e. The lowest BCUT2D eigenvalue weighted by Gasteiger charge is -2.10. The van der Waals surface area contributed by atoms with Gasteiger partial charge in [-0.2, -0.15) is 0 Å². The number of rotatable bonds is 5. The number of hydrogen-bond donors (Lipinski definition) is 3. The van der Waals surface area contributed by atoms with E-state index in [1.165, 1.54) is 12.1 Å². The molecule has 0 aliphatic carbocycles. The molecule has 4 nitrogen and oxygen atoms in total. The first-order chi connectivity index (χ1) is 8.13.